The molecular weight excluding hydrogens is 336 g/mol. The molecule has 4 rings (SSSR count). The SMILES string of the molecule is Cc1ccc(C(CNc2ncnc3sc(C)cc23)N2CCOCC2)o1. The summed E-state index contributed by atoms with van der Waals surface area (Å²) >= 11 is 1.69. The molecular formula is C18H22N4O2S. The van der Waals surface area contributed by atoms with E-state index >= 15 is 0 Å². The highest BCUT2D eigenvalue weighted by atomic mass is 32.1. The fraction of sp³-hybridized carbons (Fsp3) is 0.444. The average Bonchev–Trinajstić information content (AvgIpc) is 3.21. The minimum atomic E-state index is 0.155. The number of ether oxygens (including phenoxy) is 1. The van der Waals surface area contributed by atoms with Crippen LogP contribution in [0.2, 0.25) is 0 Å². The van der Waals surface area contributed by atoms with E-state index in [0.717, 1.165) is 60.4 Å². The summed E-state index contributed by atoms with van der Waals surface area (Å²) in [6.07, 6.45) is 1.63. The van der Waals surface area contributed by atoms with Crippen molar-refractivity contribution in [1.29, 1.82) is 0 Å². The third-order valence-electron chi connectivity index (χ3n) is 4.49. The molecule has 1 fully saturated rings. The monoisotopic (exact) mass is 358 g/mol. The van der Waals surface area contributed by atoms with Gasteiger partial charge in [-0.2, -0.15) is 0 Å². The lowest BCUT2D eigenvalue weighted by Crippen LogP contribution is -2.41. The molecule has 4 heterocycles. The first-order valence-corrected chi connectivity index (χ1v) is 9.35. The van der Waals surface area contributed by atoms with E-state index in [0.29, 0.717) is 0 Å². The normalized spacial score (nSPS) is 17.0. The zero-order chi connectivity index (χ0) is 17.2. The van der Waals surface area contributed by atoms with E-state index in [4.69, 9.17) is 9.15 Å². The molecule has 1 N–H and O–H groups in total. The Morgan fingerprint density at radius 1 is 1.24 bits per heavy atom. The molecule has 0 aliphatic carbocycles. The highest BCUT2D eigenvalue weighted by Crippen LogP contribution is 2.29. The first-order valence-electron chi connectivity index (χ1n) is 8.54. The van der Waals surface area contributed by atoms with E-state index in [2.05, 4.69) is 39.2 Å². The maximum Gasteiger partial charge on any atom is 0.138 e. The van der Waals surface area contributed by atoms with Gasteiger partial charge in [-0.25, -0.2) is 9.97 Å². The van der Waals surface area contributed by atoms with Crippen molar-refractivity contribution in [2.24, 2.45) is 0 Å². The average molecular weight is 358 g/mol. The maximum absolute atomic E-state index is 5.93. The molecule has 0 saturated carbocycles. The molecule has 0 radical (unpaired) electrons. The predicted molar refractivity (Wildman–Crippen MR) is 99.2 cm³/mol. The molecule has 0 aromatic carbocycles. The van der Waals surface area contributed by atoms with Crippen LogP contribution in [0.3, 0.4) is 0 Å². The van der Waals surface area contributed by atoms with Gasteiger partial charge in [-0.3, -0.25) is 4.90 Å². The second-order valence-electron chi connectivity index (χ2n) is 6.29. The number of furan rings is 1. The molecule has 1 aliphatic heterocycles. The number of fused-ring (bicyclic) bond motifs is 1. The molecule has 0 bridgehead atoms. The third-order valence-corrected chi connectivity index (χ3v) is 5.45. The van der Waals surface area contributed by atoms with Gasteiger partial charge in [-0.05, 0) is 32.0 Å². The van der Waals surface area contributed by atoms with E-state index in [1.54, 1.807) is 17.7 Å². The van der Waals surface area contributed by atoms with E-state index in [9.17, 15) is 0 Å². The standard InChI is InChI=1S/C18H22N4O2S/c1-12-3-4-16(24-12)15(22-5-7-23-8-6-22)10-19-17-14-9-13(2)25-18(14)21-11-20-17/h3-4,9,11,15H,5-8,10H2,1-2H3,(H,19,20,21). The fourth-order valence-corrected chi connectivity index (χ4v) is 4.09. The van der Waals surface area contributed by atoms with Gasteiger partial charge in [0.05, 0.1) is 24.6 Å². The molecule has 7 heteroatoms. The van der Waals surface area contributed by atoms with Gasteiger partial charge in [0, 0.05) is 24.5 Å². The van der Waals surface area contributed by atoms with Crippen molar-refractivity contribution in [3.05, 3.63) is 40.9 Å². The Morgan fingerprint density at radius 2 is 2.08 bits per heavy atom. The summed E-state index contributed by atoms with van der Waals surface area (Å²) in [4.78, 5) is 13.5. The highest BCUT2D eigenvalue weighted by Gasteiger charge is 2.25. The number of thiophene rings is 1. The van der Waals surface area contributed by atoms with Crippen LogP contribution in [-0.2, 0) is 4.74 Å². The largest absolute Gasteiger partial charge is 0.465 e. The molecule has 6 nitrogen and oxygen atoms in total. The predicted octanol–water partition coefficient (Wildman–Crippen LogP) is 3.39. The lowest BCUT2D eigenvalue weighted by atomic mass is 10.1. The van der Waals surface area contributed by atoms with Crippen LogP contribution < -0.4 is 5.32 Å². The Labute approximate surface area is 150 Å². The van der Waals surface area contributed by atoms with Crippen molar-refractivity contribution in [3.63, 3.8) is 0 Å². The summed E-state index contributed by atoms with van der Waals surface area (Å²) in [6, 6.07) is 6.39. The van der Waals surface area contributed by atoms with Crippen molar-refractivity contribution >= 4 is 27.4 Å². The second kappa shape index (κ2) is 7.11. The number of hydrogen-bond donors (Lipinski definition) is 1. The Balaban J connectivity index is 1.57. The highest BCUT2D eigenvalue weighted by molar-refractivity contribution is 7.18. The van der Waals surface area contributed by atoms with Crippen LogP contribution in [0.1, 0.15) is 22.4 Å². The van der Waals surface area contributed by atoms with Crippen LogP contribution in [0.15, 0.2) is 28.9 Å². The van der Waals surface area contributed by atoms with Gasteiger partial charge in [-0.1, -0.05) is 0 Å². The van der Waals surface area contributed by atoms with Gasteiger partial charge in [0.2, 0.25) is 0 Å². The number of anilines is 1. The summed E-state index contributed by atoms with van der Waals surface area (Å²) < 4.78 is 11.4. The number of morpholine rings is 1. The van der Waals surface area contributed by atoms with Crippen LogP contribution >= 0.6 is 11.3 Å². The number of nitrogens with zero attached hydrogens (tertiary/aromatic N) is 3. The van der Waals surface area contributed by atoms with Crippen molar-refractivity contribution in [2.75, 3.05) is 38.2 Å². The summed E-state index contributed by atoms with van der Waals surface area (Å²) in [6.45, 7) is 8.14. The van der Waals surface area contributed by atoms with E-state index in [-0.39, 0.29) is 6.04 Å². The maximum atomic E-state index is 5.93. The van der Waals surface area contributed by atoms with Crippen LogP contribution in [0.5, 0.6) is 0 Å². The molecule has 132 valence electrons. The van der Waals surface area contributed by atoms with Gasteiger partial charge in [-0.15, -0.1) is 11.3 Å². The second-order valence-corrected chi connectivity index (χ2v) is 7.53. The summed E-state index contributed by atoms with van der Waals surface area (Å²) in [5.74, 6) is 2.81. The smallest absolute Gasteiger partial charge is 0.138 e. The van der Waals surface area contributed by atoms with Gasteiger partial charge >= 0.3 is 0 Å². The number of aryl methyl sites for hydroxylation is 2. The van der Waals surface area contributed by atoms with Crippen molar-refractivity contribution < 1.29 is 9.15 Å². The van der Waals surface area contributed by atoms with Gasteiger partial charge in [0.1, 0.15) is 28.5 Å². The molecule has 1 unspecified atom stereocenters. The van der Waals surface area contributed by atoms with Crippen LogP contribution in [0, 0.1) is 13.8 Å². The number of aromatic nitrogens is 2. The quantitative estimate of drug-likeness (QED) is 0.754. The lowest BCUT2D eigenvalue weighted by Gasteiger charge is -2.33. The van der Waals surface area contributed by atoms with Gasteiger partial charge in [0.25, 0.3) is 0 Å². The summed E-state index contributed by atoms with van der Waals surface area (Å²) in [7, 11) is 0. The first-order chi connectivity index (χ1) is 12.2. The molecule has 0 amide bonds. The van der Waals surface area contributed by atoms with Crippen LogP contribution in [0.4, 0.5) is 5.82 Å². The number of nitrogens with one attached hydrogen (secondary N) is 1. The number of hydrogen-bond acceptors (Lipinski definition) is 7. The van der Waals surface area contributed by atoms with E-state index in [1.807, 2.05) is 13.0 Å². The Hall–Kier alpha value is -1.96. The Bertz CT molecular complexity index is 854. The Morgan fingerprint density at radius 3 is 2.84 bits per heavy atom. The molecule has 0 spiro atoms. The Kier molecular flexibility index (Phi) is 4.70. The zero-order valence-electron chi connectivity index (χ0n) is 14.5. The van der Waals surface area contributed by atoms with Crippen LogP contribution in [0.25, 0.3) is 10.2 Å². The summed E-state index contributed by atoms with van der Waals surface area (Å²) in [5.41, 5.74) is 0. The minimum absolute atomic E-state index is 0.155. The van der Waals surface area contributed by atoms with Crippen LogP contribution in [-0.4, -0.2) is 47.7 Å². The van der Waals surface area contributed by atoms with Gasteiger partial charge < -0.3 is 14.5 Å². The molecule has 1 atom stereocenters. The zero-order valence-corrected chi connectivity index (χ0v) is 15.3. The van der Waals surface area contributed by atoms with E-state index in [1.165, 1.54) is 4.88 Å². The molecule has 25 heavy (non-hydrogen) atoms. The van der Waals surface area contributed by atoms with Crippen molar-refractivity contribution in [3.8, 4) is 0 Å². The van der Waals surface area contributed by atoms with Crippen molar-refractivity contribution in [1.82, 2.24) is 14.9 Å². The summed E-state index contributed by atoms with van der Waals surface area (Å²) in [5, 5.41) is 4.60. The fourth-order valence-electron chi connectivity index (χ4n) is 3.24. The number of rotatable bonds is 5. The third kappa shape index (κ3) is 3.53. The lowest BCUT2D eigenvalue weighted by molar-refractivity contribution is 0.0143. The topological polar surface area (TPSA) is 63.4 Å². The minimum Gasteiger partial charge on any atom is -0.465 e. The van der Waals surface area contributed by atoms with E-state index < -0.39 is 0 Å². The van der Waals surface area contributed by atoms with Crippen molar-refractivity contribution in [2.45, 2.75) is 19.9 Å². The molecule has 3 aromatic heterocycles. The molecule has 1 saturated heterocycles. The van der Waals surface area contributed by atoms with Gasteiger partial charge in [0.15, 0.2) is 0 Å². The molecule has 3 aromatic rings. The molecule has 1 aliphatic rings. The first kappa shape index (κ1) is 16.5.